The second-order valence-electron chi connectivity index (χ2n) is 3.45. The maximum atomic E-state index is 11.4. The Labute approximate surface area is 114 Å². The van der Waals surface area contributed by atoms with Crippen molar-refractivity contribution in [2.45, 2.75) is 17.6 Å². The number of hydrogen-bond acceptors (Lipinski definition) is 5. The predicted molar refractivity (Wildman–Crippen MR) is 74.1 cm³/mol. The van der Waals surface area contributed by atoms with Crippen LogP contribution in [0.4, 0.5) is 0 Å². The first-order valence-corrected chi connectivity index (χ1v) is 7.45. The molecular weight excluding hydrogens is 266 g/mol. The molecule has 0 fully saturated rings. The third-order valence-corrected chi connectivity index (χ3v) is 4.20. The Balaban J connectivity index is 1.93. The largest absolute Gasteiger partial charge is 0.461 e. The number of esters is 1. The average molecular weight is 279 g/mol. The van der Waals surface area contributed by atoms with Crippen LogP contribution in [0.2, 0.25) is 0 Å². The van der Waals surface area contributed by atoms with E-state index in [2.05, 4.69) is 17.1 Å². The third kappa shape index (κ3) is 3.58. The van der Waals surface area contributed by atoms with Crippen molar-refractivity contribution in [3.8, 4) is 0 Å². The SMILES string of the molecule is CCOC(=O)c1csc(CSc2ccccc2)n1. The van der Waals surface area contributed by atoms with E-state index in [9.17, 15) is 4.79 Å². The molecule has 18 heavy (non-hydrogen) atoms. The highest BCUT2D eigenvalue weighted by molar-refractivity contribution is 7.98. The van der Waals surface area contributed by atoms with Gasteiger partial charge in [0.1, 0.15) is 5.01 Å². The maximum absolute atomic E-state index is 11.4. The monoisotopic (exact) mass is 279 g/mol. The van der Waals surface area contributed by atoms with Crippen LogP contribution in [-0.4, -0.2) is 17.6 Å². The van der Waals surface area contributed by atoms with Gasteiger partial charge in [0, 0.05) is 10.3 Å². The van der Waals surface area contributed by atoms with Gasteiger partial charge in [-0.2, -0.15) is 0 Å². The molecule has 5 heteroatoms. The van der Waals surface area contributed by atoms with Crippen LogP contribution in [0, 0.1) is 0 Å². The van der Waals surface area contributed by atoms with E-state index in [0.29, 0.717) is 12.3 Å². The molecule has 0 saturated heterocycles. The summed E-state index contributed by atoms with van der Waals surface area (Å²) in [4.78, 5) is 16.9. The van der Waals surface area contributed by atoms with Gasteiger partial charge in [-0.3, -0.25) is 0 Å². The van der Waals surface area contributed by atoms with Crippen LogP contribution < -0.4 is 0 Å². The van der Waals surface area contributed by atoms with Crippen molar-refractivity contribution in [3.05, 3.63) is 46.4 Å². The van der Waals surface area contributed by atoms with Crippen molar-refractivity contribution in [1.29, 1.82) is 0 Å². The lowest BCUT2D eigenvalue weighted by Gasteiger charge is -1.98. The summed E-state index contributed by atoms with van der Waals surface area (Å²) in [6, 6.07) is 10.1. The number of hydrogen-bond donors (Lipinski definition) is 0. The van der Waals surface area contributed by atoms with Crippen LogP contribution in [0.3, 0.4) is 0 Å². The third-order valence-electron chi connectivity index (χ3n) is 2.14. The molecule has 0 spiro atoms. The molecule has 1 aromatic carbocycles. The summed E-state index contributed by atoms with van der Waals surface area (Å²) in [6.45, 7) is 2.17. The Morgan fingerprint density at radius 1 is 1.39 bits per heavy atom. The van der Waals surface area contributed by atoms with Gasteiger partial charge in [-0.15, -0.1) is 23.1 Å². The first-order chi connectivity index (χ1) is 8.79. The lowest BCUT2D eigenvalue weighted by Crippen LogP contribution is -2.04. The van der Waals surface area contributed by atoms with E-state index in [1.807, 2.05) is 18.2 Å². The molecule has 0 atom stereocenters. The second kappa shape index (κ2) is 6.56. The second-order valence-corrected chi connectivity index (χ2v) is 5.44. The van der Waals surface area contributed by atoms with Crippen LogP contribution in [0.5, 0.6) is 0 Å². The van der Waals surface area contributed by atoms with E-state index < -0.39 is 0 Å². The van der Waals surface area contributed by atoms with E-state index in [4.69, 9.17) is 4.74 Å². The van der Waals surface area contributed by atoms with Crippen molar-refractivity contribution in [1.82, 2.24) is 4.98 Å². The smallest absolute Gasteiger partial charge is 0.357 e. The highest BCUT2D eigenvalue weighted by atomic mass is 32.2. The molecule has 3 nitrogen and oxygen atoms in total. The fraction of sp³-hybridized carbons (Fsp3) is 0.231. The van der Waals surface area contributed by atoms with Gasteiger partial charge in [0.05, 0.1) is 12.4 Å². The standard InChI is InChI=1S/C13H13NO2S2/c1-2-16-13(15)11-8-18-12(14-11)9-17-10-6-4-3-5-7-10/h3-8H,2,9H2,1H3. The molecule has 0 aliphatic heterocycles. The maximum Gasteiger partial charge on any atom is 0.357 e. The number of carbonyl (C=O) groups excluding carboxylic acids is 1. The molecule has 0 N–H and O–H groups in total. The first-order valence-electron chi connectivity index (χ1n) is 5.59. The highest BCUT2D eigenvalue weighted by Crippen LogP contribution is 2.24. The molecule has 0 bridgehead atoms. The van der Waals surface area contributed by atoms with Crippen LogP contribution in [-0.2, 0) is 10.5 Å². The quantitative estimate of drug-likeness (QED) is 0.619. The molecule has 1 aromatic heterocycles. The van der Waals surface area contributed by atoms with E-state index in [1.54, 1.807) is 24.1 Å². The fourth-order valence-corrected chi connectivity index (χ4v) is 3.04. The zero-order valence-corrected chi connectivity index (χ0v) is 11.6. The van der Waals surface area contributed by atoms with Crippen LogP contribution in [0.25, 0.3) is 0 Å². The minimum absolute atomic E-state index is 0.343. The number of thiazole rings is 1. The topological polar surface area (TPSA) is 39.2 Å². The van der Waals surface area contributed by atoms with E-state index in [0.717, 1.165) is 10.8 Å². The zero-order valence-electron chi connectivity index (χ0n) is 9.96. The summed E-state index contributed by atoms with van der Waals surface area (Å²) in [6.07, 6.45) is 0. The van der Waals surface area contributed by atoms with Crippen LogP contribution in [0.15, 0.2) is 40.6 Å². The number of aromatic nitrogens is 1. The molecule has 0 aliphatic rings. The predicted octanol–water partition coefficient (Wildman–Crippen LogP) is 3.61. The van der Waals surface area contributed by atoms with Gasteiger partial charge in [-0.1, -0.05) is 18.2 Å². The zero-order chi connectivity index (χ0) is 12.8. The van der Waals surface area contributed by atoms with E-state index >= 15 is 0 Å². The van der Waals surface area contributed by atoms with E-state index in [1.165, 1.54) is 16.2 Å². The summed E-state index contributed by atoms with van der Waals surface area (Å²) >= 11 is 3.20. The number of nitrogens with zero attached hydrogens (tertiary/aromatic N) is 1. The molecule has 0 radical (unpaired) electrons. The number of benzene rings is 1. The molecule has 0 unspecified atom stereocenters. The molecule has 0 aliphatic carbocycles. The molecule has 0 saturated carbocycles. The molecule has 0 amide bonds. The van der Waals surface area contributed by atoms with Gasteiger partial charge in [0.25, 0.3) is 0 Å². The minimum Gasteiger partial charge on any atom is -0.461 e. The number of carbonyl (C=O) groups is 1. The van der Waals surface area contributed by atoms with Crippen molar-refractivity contribution >= 4 is 29.1 Å². The minimum atomic E-state index is -0.343. The summed E-state index contributed by atoms with van der Waals surface area (Å²) in [5.74, 6) is 0.429. The first kappa shape index (κ1) is 13.1. The van der Waals surface area contributed by atoms with Crippen molar-refractivity contribution < 1.29 is 9.53 Å². The Morgan fingerprint density at radius 2 is 2.17 bits per heavy atom. The van der Waals surface area contributed by atoms with Crippen molar-refractivity contribution in [2.75, 3.05) is 6.61 Å². The Kier molecular flexibility index (Phi) is 4.78. The van der Waals surface area contributed by atoms with Gasteiger partial charge >= 0.3 is 5.97 Å². The summed E-state index contributed by atoms with van der Waals surface area (Å²) < 4.78 is 4.90. The Bertz CT molecular complexity index is 511. The van der Waals surface area contributed by atoms with E-state index in [-0.39, 0.29) is 5.97 Å². The Morgan fingerprint density at radius 3 is 2.89 bits per heavy atom. The van der Waals surface area contributed by atoms with Crippen LogP contribution in [0.1, 0.15) is 22.4 Å². The average Bonchev–Trinajstić information content (AvgIpc) is 2.87. The van der Waals surface area contributed by atoms with Gasteiger partial charge in [0.2, 0.25) is 0 Å². The van der Waals surface area contributed by atoms with Gasteiger partial charge in [0.15, 0.2) is 5.69 Å². The molecular formula is C13H13NO2S2. The van der Waals surface area contributed by atoms with Crippen molar-refractivity contribution in [3.63, 3.8) is 0 Å². The molecule has 2 rings (SSSR count). The Hall–Kier alpha value is -1.33. The highest BCUT2D eigenvalue weighted by Gasteiger charge is 2.11. The number of rotatable bonds is 5. The van der Waals surface area contributed by atoms with Gasteiger partial charge < -0.3 is 4.74 Å². The fourth-order valence-electron chi connectivity index (χ4n) is 1.34. The van der Waals surface area contributed by atoms with Gasteiger partial charge in [-0.05, 0) is 19.1 Å². The normalized spacial score (nSPS) is 10.3. The van der Waals surface area contributed by atoms with Crippen LogP contribution >= 0.6 is 23.1 Å². The van der Waals surface area contributed by atoms with Gasteiger partial charge in [-0.25, -0.2) is 9.78 Å². The molecule has 2 aromatic rings. The number of ether oxygens (including phenoxy) is 1. The molecule has 94 valence electrons. The van der Waals surface area contributed by atoms with Crippen molar-refractivity contribution in [2.24, 2.45) is 0 Å². The lowest BCUT2D eigenvalue weighted by atomic mass is 10.4. The summed E-state index contributed by atoms with van der Waals surface area (Å²) in [5.41, 5.74) is 0.408. The summed E-state index contributed by atoms with van der Waals surface area (Å²) in [7, 11) is 0. The number of thioether (sulfide) groups is 1. The summed E-state index contributed by atoms with van der Waals surface area (Å²) in [5, 5.41) is 2.69. The molecule has 1 heterocycles. The lowest BCUT2D eigenvalue weighted by molar-refractivity contribution is 0.0520.